The average Bonchev–Trinajstić information content (AvgIpc) is 2.13. The highest BCUT2D eigenvalue weighted by Gasteiger charge is 2.23. The minimum Gasteiger partial charge on any atom is -0.374 e. The summed E-state index contributed by atoms with van der Waals surface area (Å²) in [6, 6.07) is 0. The van der Waals surface area contributed by atoms with E-state index in [4.69, 9.17) is 4.74 Å². The molecule has 0 unspecified atom stereocenters. The Labute approximate surface area is 107 Å². The van der Waals surface area contributed by atoms with Gasteiger partial charge >= 0.3 is 0 Å². The summed E-state index contributed by atoms with van der Waals surface area (Å²) in [6.07, 6.45) is 1.58. The highest BCUT2D eigenvalue weighted by molar-refractivity contribution is 5.75. The number of carbonyl (C=O) groups excluding carboxylic acids is 1. The Kier molecular flexibility index (Phi) is 6.17. The summed E-state index contributed by atoms with van der Waals surface area (Å²) in [6.45, 7) is 14.0. The van der Waals surface area contributed by atoms with Gasteiger partial charge in [0.2, 0.25) is 5.91 Å². The first-order valence-electron chi connectivity index (χ1n) is 6.45. The van der Waals surface area contributed by atoms with E-state index in [-0.39, 0.29) is 11.5 Å². The lowest BCUT2D eigenvalue weighted by atomic mass is 9.93. The third-order valence-corrected chi connectivity index (χ3v) is 2.69. The van der Waals surface area contributed by atoms with Crippen molar-refractivity contribution in [2.75, 3.05) is 20.2 Å². The lowest BCUT2D eigenvalue weighted by Gasteiger charge is -2.31. The number of hydrogen-bond donors (Lipinski definition) is 0. The Morgan fingerprint density at radius 2 is 1.71 bits per heavy atom. The molecular weight excluding hydrogens is 214 g/mol. The Morgan fingerprint density at radius 1 is 1.18 bits per heavy atom. The predicted octanol–water partition coefficient (Wildman–Crippen LogP) is 3.09. The average molecular weight is 243 g/mol. The highest BCUT2D eigenvalue weighted by atomic mass is 16.5. The molecule has 17 heavy (non-hydrogen) atoms. The van der Waals surface area contributed by atoms with Crippen molar-refractivity contribution in [3.63, 3.8) is 0 Å². The van der Waals surface area contributed by atoms with Crippen LogP contribution in [0.15, 0.2) is 0 Å². The molecule has 0 aliphatic rings. The summed E-state index contributed by atoms with van der Waals surface area (Å²) in [7, 11) is 1.83. The van der Waals surface area contributed by atoms with Crippen molar-refractivity contribution in [3.05, 3.63) is 0 Å². The van der Waals surface area contributed by atoms with Gasteiger partial charge in [0.05, 0.1) is 5.60 Å². The molecule has 0 bridgehead atoms. The first-order valence-corrected chi connectivity index (χ1v) is 6.45. The number of likely N-dealkylation sites (N-methyl/N-ethyl adjacent to an activating group) is 1. The molecule has 0 N–H and O–H groups in total. The molecule has 0 aromatic carbocycles. The summed E-state index contributed by atoms with van der Waals surface area (Å²) in [5, 5.41) is 0. The van der Waals surface area contributed by atoms with Gasteiger partial charge in [0, 0.05) is 26.6 Å². The molecular formula is C14H29NO2. The number of ether oxygens (including phenoxy) is 1. The van der Waals surface area contributed by atoms with Crippen LogP contribution in [-0.2, 0) is 9.53 Å². The molecule has 0 radical (unpaired) electrons. The molecule has 0 rings (SSSR count). The lowest BCUT2D eigenvalue weighted by molar-refractivity contribution is -0.134. The molecule has 0 saturated carbocycles. The molecule has 102 valence electrons. The minimum absolute atomic E-state index is 0.164. The van der Waals surface area contributed by atoms with Crippen LogP contribution in [0.5, 0.6) is 0 Å². The fourth-order valence-electron chi connectivity index (χ4n) is 1.61. The Morgan fingerprint density at radius 3 is 2.12 bits per heavy atom. The summed E-state index contributed by atoms with van der Waals surface area (Å²) < 4.78 is 5.88. The van der Waals surface area contributed by atoms with E-state index in [0.717, 1.165) is 13.0 Å². The third kappa shape index (κ3) is 8.19. The van der Waals surface area contributed by atoms with Gasteiger partial charge in [0.25, 0.3) is 0 Å². The number of rotatable bonds is 6. The minimum atomic E-state index is -0.273. The summed E-state index contributed by atoms with van der Waals surface area (Å²) in [4.78, 5) is 13.2. The normalized spacial score (nSPS) is 12.6. The molecule has 0 fully saturated rings. The van der Waals surface area contributed by atoms with Gasteiger partial charge in [-0.15, -0.1) is 0 Å². The van der Waals surface area contributed by atoms with Crippen LogP contribution in [0, 0.1) is 5.41 Å². The van der Waals surface area contributed by atoms with Crippen LogP contribution >= 0.6 is 0 Å². The highest BCUT2D eigenvalue weighted by Crippen LogP contribution is 2.20. The number of hydrogen-bond acceptors (Lipinski definition) is 2. The van der Waals surface area contributed by atoms with E-state index in [0.29, 0.717) is 18.4 Å². The molecule has 0 aromatic heterocycles. The standard InChI is InChI=1S/C14H29NO2/c1-8-12(16)15(7)11-14(5,6)17-10-9-13(2,3)4/h8-11H2,1-7H3. The van der Waals surface area contributed by atoms with E-state index in [2.05, 4.69) is 20.8 Å². The largest absolute Gasteiger partial charge is 0.374 e. The topological polar surface area (TPSA) is 29.5 Å². The van der Waals surface area contributed by atoms with Gasteiger partial charge in [0.1, 0.15) is 0 Å². The first-order chi connectivity index (χ1) is 7.57. The molecule has 1 amide bonds. The lowest BCUT2D eigenvalue weighted by Crippen LogP contribution is -2.41. The summed E-state index contributed by atoms with van der Waals surface area (Å²) >= 11 is 0. The van der Waals surface area contributed by atoms with Crippen molar-refractivity contribution in [3.8, 4) is 0 Å². The van der Waals surface area contributed by atoms with Gasteiger partial charge in [-0.05, 0) is 25.7 Å². The van der Waals surface area contributed by atoms with E-state index in [1.807, 2.05) is 27.8 Å². The van der Waals surface area contributed by atoms with Gasteiger partial charge < -0.3 is 9.64 Å². The molecule has 0 spiro atoms. The van der Waals surface area contributed by atoms with E-state index >= 15 is 0 Å². The van der Waals surface area contributed by atoms with Crippen LogP contribution in [0.2, 0.25) is 0 Å². The van der Waals surface area contributed by atoms with Crippen molar-refractivity contribution in [2.24, 2.45) is 5.41 Å². The van der Waals surface area contributed by atoms with Crippen LogP contribution in [0.3, 0.4) is 0 Å². The molecule has 0 aromatic rings. The first kappa shape index (κ1) is 16.4. The Balaban J connectivity index is 4.07. The maximum Gasteiger partial charge on any atom is 0.222 e. The number of nitrogens with zero attached hydrogens (tertiary/aromatic N) is 1. The number of amides is 1. The van der Waals surface area contributed by atoms with Crippen molar-refractivity contribution in [2.45, 2.75) is 60.0 Å². The van der Waals surface area contributed by atoms with Gasteiger partial charge in [-0.3, -0.25) is 4.79 Å². The van der Waals surface area contributed by atoms with Crippen LogP contribution in [0.4, 0.5) is 0 Å². The van der Waals surface area contributed by atoms with Gasteiger partial charge in [-0.25, -0.2) is 0 Å². The Bertz CT molecular complexity index is 241. The van der Waals surface area contributed by atoms with Crippen LogP contribution in [0.1, 0.15) is 54.4 Å². The van der Waals surface area contributed by atoms with E-state index in [1.54, 1.807) is 4.90 Å². The van der Waals surface area contributed by atoms with E-state index in [9.17, 15) is 4.79 Å². The molecule has 0 heterocycles. The second kappa shape index (κ2) is 6.39. The smallest absolute Gasteiger partial charge is 0.222 e. The molecule has 3 nitrogen and oxygen atoms in total. The van der Waals surface area contributed by atoms with E-state index < -0.39 is 0 Å². The fraction of sp³-hybridized carbons (Fsp3) is 0.929. The van der Waals surface area contributed by atoms with Gasteiger partial charge in [-0.2, -0.15) is 0 Å². The SMILES string of the molecule is CCC(=O)N(C)CC(C)(C)OCCC(C)(C)C. The molecule has 3 heteroatoms. The molecule has 0 atom stereocenters. The monoisotopic (exact) mass is 243 g/mol. The van der Waals surface area contributed by atoms with Crippen molar-refractivity contribution in [1.82, 2.24) is 4.90 Å². The second-order valence-corrected chi connectivity index (χ2v) is 6.52. The maximum atomic E-state index is 11.5. The molecule has 0 saturated heterocycles. The predicted molar refractivity (Wildman–Crippen MR) is 72.0 cm³/mol. The zero-order chi connectivity index (χ0) is 13.7. The van der Waals surface area contributed by atoms with Crippen LogP contribution < -0.4 is 0 Å². The van der Waals surface area contributed by atoms with Gasteiger partial charge in [-0.1, -0.05) is 27.7 Å². The quantitative estimate of drug-likeness (QED) is 0.717. The zero-order valence-corrected chi connectivity index (χ0v) is 12.6. The van der Waals surface area contributed by atoms with E-state index in [1.165, 1.54) is 0 Å². The van der Waals surface area contributed by atoms with Gasteiger partial charge in [0.15, 0.2) is 0 Å². The molecule has 0 aliphatic carbocycles. The third-order valence-electron chi connectivity index (χ3n) is 2.69. The molecule has 0 aliphatic heterocycles. The van der Waals surface area contributed by atoms with Crippen LogP contribution in [0.25, 0.3) is 0 Å². The van der Waals surface area contributed by atoms with Crippen molar-refractivity contribution >= 4 is 5.91 Å². The van der Waals surface area contributed by atoms with Crippen molar-refractivity contribution < 1.29 is 9.53 Å². The fourth-order valence-corrected chi connectivity index (χ4v) is 1.61. The van der Waals surface area contributed by atoms with Crippen molar-refractivity contribution in [1.29, 1.82) is 0 Å². The zero-order valence-electron chi connectivity index (χ0n) is 12.6. The summed E-state index contributed by atoms with van der Waals surface area (Å²) in [5.74, 6) is 0.164. The van der Waals surface area contributed by atoms with Crippen LogP contribution in [-0.4, -0.2) is 36.6 Å². The Hall–Kier alpha value is -0.570. The summed E-state index contributed by atoms with van der Waals surface area (Å²) in [5.41, 5.74) is 0.0199. The number of carbonyl (C=O) groups is 1. The maximum absolute atomic E-state index is 11.5. The second-order valence-electron chi connectivity index (χ2n) is 6.52.